The lowest BCUT2D eigenvalue weighted by Gasteiger charge is -2.04. The van der Waals surface area contributed by atoms with Gasteiger partial charge in [0, 0.05) is 25.1 Å². The number of nitriles is 1. The molecule has 6 nitrogen and oxygen atoms in total. The highest BCUT2D eigenvalue weighted by Crippen LogP contribution is 1.98. The van der Waals surface area contributed by atoms with Crippen LogP contribution in [0.1, 0.15) is 11.1 Å². The fourth-order valence-electron chi connectivity index (χ4n) is 1.55. The summed E-state index contributed by atoms with van der Waals surface area (Å²) in [7, 11) is 0. The molecule has 0 spiro atoms. The Hall–Kier alpha value is -2.68. The van der Waals surface area contributed by atoms with Gasteiger partial charge in [0.05, 0.1) is 0 Å². The van der Waals surface area contributed by atoms with E-state index in [-0.39, 0.29) is 5.56 Å². The van der Waals surface area contributed by atoms with Crippen molar-refractivity contribution in [2.45, 2.75) is 13.0 Å². The number of nitrogens with zero attached hydrogens (tertiary/aromatic N) is 3. The Morgan fingerprint density at radius 1 is 1.33 bits per heavy atom. The topological polar surface area (TPSA) is 91.5 Å². The fraction of sp³-hybridized carbons (Fsp3) is 0.167. The van der Waals surface area contributed by atoms with Crippen molar-refractivity contribution in [1.82, 2.24) is 14.5 Å². The summed E-state index contributed by atoms with van der Waals surface area (Å²) in [5.74, 6) is 0. The van der Waals surface area contributed by atoms with Crippen LogP contribution in [0, 0.1) is 11.3 Å². The summed E-state index contributed by atoms with van der Waals surface area (Å²) in [4.78, 5) is 28.7. The largest absolute Gasteiger partial charge is 0.328 e. The van der Waals surface area contributed by atoms with E-state index in [1.54, 1.807) is 18.5 Å². The van der Waals surface area contributed by atoms with Crippen LogP contribution in [0.15, 0.2) is 40.3 Å². The lowest BCUT2D eigenvalue weighted by molar-refractivity contribution is 0.643. The fourth-order valence-corrected chi connectivity index (χ4v) is 1.55. The molecule has 1 N–H and O–H groups in total. The minimum Gasteiger partial charge on any atom is -0.299 e. The number of rotatable bonds is 3. The van der Waals surface area contributed by atoms with E-state index in [0.717, 1.165) is 5.56 Å². The van der Waals surface area contributed by atoms with Crippen LogP contribution in [-0.2, 0) is 13.0 Å². The first-order valence-corrected chi connectivity index (χ1v) is 5.33. The van der Waals surface area contributed by atoms with E-state index in [4.69, 9.17) is 5.26 Å². The van der Waals surface area contributed by atoms with Crippen molar-refractivity contribution < 1.29 is 0 Å². The zero-order valence-electron chi connectivity index (χ0n) is 9.46. The maximum atomic E-state index is 11.5. The van der Waals surface area contributed by atoms with Crippen molar-refractivity contribution >= 4 is 0 Å². The van der Waals surface area contributed by atoms with Gasteiger partial charge in [0.2, 0.25) is 0 Å². The van der Waals surface area contributed by atoms with Gasteiger partial charge in [-0.1, -0.05) is 0 Å². The molecule has 90 valence electrons. The third-order valence-electron chi connectivity index (χ3n) is 2.52. The summed E-state index contributed by atoms with van der Waals surface area (Å²) < 4.78 is 1.32. The number of aromatic nitrogens is 3. The van der Waals surface area contributed by atoms with Crippen LogP contribution in [0.3, 0.4) is 0 Å². The monoisotopic (exact) mass is 242 g/mol. The molecule has 0 aliphatic heterocycles. The van der Waals surface area contributed by atoms with E-state index >= 15 is 0 Å². The maximum absolute atomic E-state index is 11.5. The molecular weight excluding hydrogens is 232 g/mol. The molecule has 2 aromatic rings. The summed E-state index contributed by atoms with van der Waals surface area (Å²) in [5.41, 5.74) is -0.193. The SMILES string of the molecule is N#Cc1cn(CCc2ccncc2)c(=O)[nH]c1=O. The Morgan fingerprint density at radius 3 is 2.72 bits per heavy atom. The average Bonchev–Trinajstić information content (AvgIpc) is 2.39. The molecule has 2 heterocycles. The molecular formula is C12H10N4O2. The molecule has 0 aliphatic rings. The smallest absolute Gasteiger partial charge is 0.299 e. The standard InChI is InChI=1S/C12H10N4O2/c13-7-10-8-16(12(18)15-11(10)17)6-3-9-1-4-14-5-2-9/h1-2,4-5,8H,3,6H2,(H,15,17,18). The number of pyridine rings is 1. The van der Waals surface area contributed by atoms with Gasteiger partial charge >= 0.3 is 5.69 Å². The van der Waals surface area contributed by atoms with Crippen molar-refractivity contribution in [2.75, 3.05) is 0 Å². The van der Waals surface area contributed by atoms with Gasteiger partial charge in [0.1, 0.15) is 11.6 Å². The van der Waals surface area contributed by atoms with E-state index in [0.29, 0.717) is 13.0 Å². The van der Waals surface area contributed by atoms with Crippen molar-refractivity contribution in [3.63, 3.8) is 0 Å². The number of hydrogen-bond donors (Lipinski definition) is 1. The molecule has 2 aromatic heterocycles. The van der Waals surface area contributed by atoms with Gasteiger partial charge in [-0.05, 0) is 24.1 Å². The van der Waals surface area contributed by atoms with Crippen LogP contribution >= 0.6 is 0 Å². The number of hydrogen-bond acceptors (Lipinski definition) is 4. The highest BCUT2D eigenvalue weighted by atomic mass is 16.2. The first kappa shape index (κ1) is 11.8. The minimum absolute atomic E-state index is 0.0654. The molecule has 0 bridgehead atoms. The Balaban J connectivity index is 2.23. The van der Waals surface area contributed by atoms with Gasteiger partial charge in [0.15, 0.2) is 0 Å². The third-order valence-corrected chi connectivity index (χ3v) is 2.52. The van der Waals surface area contributed by atoms with Crippen molar-refractivity contribution in [3.8, 4) is 6.07 Å². The number of H-pyrrole nitrogens is 1. The van der Waals surface area contributed by atoms with Crippen LogP contribution < -0.4 is 11.2 Å². The Labute approximate surface area is 102 Å². The van der Waals surface area contributed by atoms with E-state index in [2.05, 4.69) is 9.97 Å². The van der Waals surface area contributed by atoms with Crippen LogP contribution in [-0.4, -0.2) is 14.5 Å². The zero-order valence-corrected chi connectivity index (χ0v) is 9.46. The van der Waals surface area contributed by atoms with E-state index in [9.17, 15) is 9.59 Å². The van der Waals surface area contributed by atoms with Crippen LogP contribution in [0.4, 0.5) is 0 Å². The second-order valence-electron chi connectivity index (χ2n) is 3.71. The normalized spacial score (nSPS) is 9.94. The molecule has 0 aromatic carbocycles. The summed E-state index contributed by atoms with van der Waals surface area (Å²) in [6, 6.07) is 5.45. The molecule has 0 radical (unpaired) electrons. The molecule has 0 atom stereocenters. The first-order chi connectivity index (χ1) is 8.70. The molecule has 0 aliphatic carbocycles. The van der Waals surface area contributed by atoms with Crippen LogP contribution in [0.5, 0.6) is 0 Å². The van der Waals surface area contributed by atoms with Crippen LogP contribution in [0.2, 0.25) is 0 Å². The lowest BCUT2D eigenvalue weighted by atomic mass is 10.2. The summed E-state index contributed by atoms with van der Waals surface area (Å²) in [6.07, 6.45) is 5.25. The quantitative estimate of drug-likeness (QED) is 0.822. The number of aryl methyl sites for hydroxylation is 2. The Morgan fingerprint density at radius 2 is 2.06 bits per heavy atom. The number of nitrogens with one attached hydrogen (secondary N) is 1. The first-order valence-electron chi connectivity index (χ1n) is 5.33. The van der Waals surface area contributed by atoms with Gasteiger partial charge in [-0.3, -0.25) is 19.3 Å². The van der Waals surface area contributed by atoms with Gasteiger partial charge in [-0.2, -0.15) is 5.26 Å². The molecule has 2 rings (SSSR count). The second kappa shape index (κ2) is 5.10. The van der Waals surface area contributed by atoms with E-state index in [1.807, 2.05) is 12.1 Å². The van der Waals surface area contributed by atoms with E-state index < -0.39 is 11.2 Å². The van der Waals surface area contributed by atoms with Gasteiger partial charge in [-0.25, -0.2) is 4.79 Å². The average molecular weight is 242 g/mol. The summed E-state index contributed by atoms with van der Waals surface area (Å²) >= 11 is 0. The predicted octanol–water partition coefficient (Wildman–Crippen LogP) is 0.0460. The van der Waals surface area contributed by atoms with Crippen LogP contribution in [0.25, 0.3) is 0 Å². The molecule has 6 heteroatoms. The highest BCUT2D eigenvalue weighted by Gasteiger charge is 2.03. The van der Waals surface area contributed by atoms with Crippen molar-refractivity contribution in [1.29, 1.82) is 5.26 Å². The van der Waals surface area contributed by atoms with E-state index in [1.165, 1.54) is 10.8 Å². The third kappa shape index (κ3) is 2.52. The molecule has 0 unspecified atom stereocenters. The highest BCUT2D eigenvalue weighted by molar-refractivity contribution is 5.21. The van der Waals surface area contributed by atoms with Gasteiger partial charge in [-0.15, -0.1) is 0 Å². The Bertz CT molecular complexity index is 694. The number of aromatic amines is 1. The molecule has 0 fully saturated rings. The molecule has 18 heavy (non-hydrogen) atoms. The zero-order chi connectivity index (χ0) is 13.0. The second-order valence-corrected chi connectivity index (χ2v) is 3.71. The predicted molar refractivity (Wildman–Crippen MR) is 64.0 cm³/mol. The van der Waals surface area contributed by atoms with Crippen molar-refractivity contribution in [2.24, 2.45) is 0 Å². The summed E-state index contributed by atoms with van der Waals surface area (Å²) in [6.45, 7) is 0.397. The summed E-state index contributed by atoms with van der Waals surface area (Å²) in [5, 5.41) is 8.73. The Kier molecular flexibility index (Phi) is 3.34. The van der Waals surface area contributed by atoms with Gasteiger partial charge in [0.25, 0.3) is 5.56 Å². The minimum atomic E-state index is -0.650. The van der Waals surface area contributed by atoms with Gasteiger partial charge < -0.3 is 0 Å². The molecule has 0 saturated carbocycles. The molecule has 0 saturated heterocycles. The molecule has 0 amide bonds. The van der Waals surface area contributed by atoms with Crippen molar-refractivity contribution in [3.05, 3.63) is 62.7 Å². The lowest BCUT2D eigenvalue weighted by Crippen LogP contribution is -2.31. The maximum Gasteiger partial charge on any atom is 0.328 e.